The van der Waals surface area contributed by atoms with E-state index in [1.54, 1.807) is 12.2 Å². The second kappa shape index (κ2) is 2.37. The summed E-state index contributed by atoms with van der Waals surface area (Å²) in [6.07, 6.45) is 3.38. The zero-order chi connectivity index (χ0) is 5.98. The summed E-state index contributed by atoms with van der Waals surface area (Å²) in [6.45, 7) is 0. The van der Waals surface area contributed by atoms with Crippen LogP contribution in [-0.2, 0) is 4.79 Å². The molecule has 8 heavy (non-hydrogen) atoms. The molecule has 0 spiro atoms. The second-order valence-electron chi connectivity index (χ2n) is 1.26. The zero-order valence-corrected chi connectivity index (χ0v) is 5.62. The van der Waals surface area contributed by atoms with Gasteiger partial charge < -0.3 is 0 Å². The fourth-order valence-corrected chi connectivity index (χ4v) is 1.49. The summed E-state index contributed by atoms with van der Waals surface area (Å²) in [5.41, 5.74) is 0.831. The van der Waals surface area contributed by atoms with Crippen LogP contribution >= 0.6 is 22.5 Å². The maximum Gasteiger partial charge on any atom is 0.165 e. The predicted molar refractivity (Wildman–Crippen MR) is 37.5 cm³/mol. The van der Waals surface area contributed by atoms with Crippen LogP contribution in [0.4, 0.5) is 0 Å². The third-order valence-electron chi connectivity index (χ3n) is 0.770. The summed E-state index contributed by atoms with van der Waals surface area (Å²) >= 11 is 5.54. The highest BCUT2D eigenvalue weighted by atomic mass is 35.5. The van der Waals surface area contributed by atoms with E-state index in [0.717, 1.165) is 5.62 Å². The minimum absolute atomic E-state index is 0.620. The van der Waals surface area contributed by atoms with E-state index in [-0.39, 0.29) is 0 Å². The number of carbonyl (C=O) groups is 1. The maximum absolute atomic E-state index is 10.0. The van der Waals surface area contributed by atoms with Crippen LogP contribution in [0.15, 0.2) is 16.5 Å². The average Bonchev–Trinajstić information content (AvgIpc) is 2.14. The molecule has 1 aliphatic heterocycles. The molecule has 0 bridgehead atoms. The molecule has 0 amide bonds. The minimum Gasteiger partial charge on any atom is -0.292 e. The third-order valence-corrected chi connectivity index (χ3v) is 2.69. The van der Waals surface area contributed by atoms with Crippen LogP contribution in [0, 0.1) is 5.41 Å². The van der Waals surface area contributed by atoms with E-state index >= 15 is 0 Å². The van der Waals surface area contributed by atoms with Crippen molar-refractivity contribution in [3.8, 4) is 0 Å². The zero-order valence-electron chi connectivity index (χ0n) is 3.97. The standard InChI is InChI=1S/C5H4ClOS/c6-5-2-1-3-8(5)4-7/h1-2,4,8H. The van der Waals surface area contributed by atoms with Crippen molar-refractivity contribution in [3.05, 3.63) is 21.9 Å². The molecule has 1 heterocycles. The Morgan fingerprint density at radius 3 is 2.88 bits per heavy atom. The van der Waals surface area contributed by atoms with Crippen LogP contribution in [0.3, 0.4) is 0 Å². The monoisotopic (exact) mass is 147 g/mol. The van der Waals surface area contributed by atoms with Crippen molar-refractivity contribution >= 4 is 28.1 Å². The van der Waals surface area contributed by atoms with Crippen molar-refractivity contribution in [1.82, 2.24) is 0 Å². The molecule has 1 nitrogen and oxygen atoms in total. The quantitative estimate of drug-likeness (QED) is 0.440. The molecule has 1 aliphatic rings. The van der Waals surface area contributed by atoms with E-state index in [4.69, 9.17) is 11.6 Å². The van der Waals surface area contributed by atoms with Gasteiger partial charge in [0, 0.05) is 5.41 Å². The Labute approximate surface area is 55.4 Å². The first-order chi connectivity index (χ1) is 3.84. The van der Waals surface area contributed by atoms with Crippen molar-refractivity contribution in [2.75, 3.05) is 0 Å². The van der Waals surface area contributed by atoms with Gasteiger partial charge in [0.05, 0.1) is 4.36 Å². The molecule has 0 aliphatic carbocycles. The number of hydrogen-bond donors (Lipinski definition) is 1. The molecule has 0 saturated carbocycles. The van der Waals surface area contributed by atoms with Crippen molar-refractivity contribution in [2.45, 2.75) is 0 Å². The van der Waals surface area contributed by atoms with Gasteiger partial charge in [0.25, 0.3) is 0 Å². The highest BCUT2D eigenvalue weighted by Crippen LogP contribution is 2.39. The Bertz CT molecular complexity index is 162. The first-order valence-corrected chi connectivity index (χ1v) is 3.83. The van der Waals surface area contributed by atoms with Gasteiger partial charge in [0.1, 0.15) is 0 Å². The molecule has 1 rings (SSSR count). The molecular formula is C5H4ClOS. The predicted octanol–water partition coefficient (Wildman–Crippen LogP) is 1.59. The lowest BCUT2D eigenvalue weighted by molar-refractivity contribution is 0.570. The average molecular weight is 148 g/mol. The number of thiol groups is 1. The molecule has 3 heteroatoms. The van der Waals surface area contributed by atoms with E-state index in [2.05, 4.69) is 5.41 Å². The summed E-state index contributed by atoms with van der Waals surface area (Å²) in [7, 11) is -0.864. The van der Waals surface area contributed by atoms with Crippen molar-refractivity contribution in [2.24, 2.45) is 0 Å². The fraction of sp³-hybridized carbons (Fsp3) is 0. The SMILES string of the molecule is O=C[SH]1[C]=CC=C1Cl. The molecule has 1 atom stereocenters. The lowest BCUT2D eigenvalue weighted by Gasteiger charge is -1.98. The van der Waals surface area contributed by atoms with Crippen molar-refractivity contribution in [1.29, 1.82) is 0 Å². The maximum atomic E-state index is 10.0. The molecule has 1 unspecified atom stereocenters. The van der Waals surface area contributed by atoms with E-state index in [9.17, 15) is 4.79 Å². The van der Waals surface area contributed by atoms with Crippen molar-refractivity contribution < 1.29 is 4.79 Å². The number of hydrogen-bond acceptors (Lipinski definition) is 1. The summed E-state index contributed by atoms with van der Waals surface area (Å²) in [5.74, 6) is 0. The Morgan fingerprint density at radius 2 is 2.62 bits per heavy atom. The molecule has 0 saturated heterocycles. The van der Waals surface area contributed by atoms with Gasteiger partial charge in [0.2, 0.25) is 0 Å². The molecule has 0 aromatic carbocycles. The van der Waals surface area contributed by atoms with Crippen LogP contribution in [-0.4, -0.2) is 5.62 Å². The number of halogens is 1. The van der Waals surface area contributed by atoms with E-state index in [1.807, 2.05) is 0 Å². The van der Waals surface area contributed by atoms with Gasteiger partial charge in [-0.2, -0.15) is 0 Å². The largest absolute Gasteiger partial charge is 0.292 e. The normalized spacial score (nSPS) is 30.1. The van der Waals surface area contributed by atoms with Crippen LogP contribution in [0.1, 0.15) is 0 Å². The van der Waals surface area contributed by atoms with Gasteiger partial charge in [-0.1, -0.05) is 11.6 Å². The summed E-state index contributed by atoms with van der Waals surface area (Å²) in [5, 5.41) is 2.80. The molecule has 0 N–H and O–H groups in total. The smallest absolute Gasteiger partial charge is 0.165 e. The summed E-state index contributed by atoms with van der Waals surface area (Å²) in [6, 6.07) is 0. The van der Waals surface area contributed by atoms with Crippen LogP contribution in [0.5, 0.6) is 0 Å². The number of allylic oxidation sites excluding steroid dienone is 2. The Balaban J connectivity index is 2.71. The minimum atomic E-state index is -0.864. The summed E-state index contributed by atoms with van der Waals surface area (Å²) < 4.78 is 0.620. The van der Waals surface area contributed by atoms with Gasteiger partial charge in [-0.3, -0.25) is 4.79 Å². The number of rotatable bonds is 1. The van der Waals surface area contributed by atoms with Crippen molar-refractivity contribution in [3.63, 3.8) is 0 Å². The molecular weight excluding hydrogens is 144 g/mol. The van der Waals surface area contributed by atoms with E-state index in [1.165, 1.54) is 0 Å². The van der Waals surface area contributed by atoms with Gasteiger partial charge in [-0.05, 0) is 12.2 Å². The highest BCUT2D eigenvalue weighted by Gasteiger charge is 2.05. The fourth-order valence-electron chi connectivity index (χ4n) is 0.409. The number of carbonyl (C=O) groups excluding carboxylic acids is 1. The molecule has 0 fully saturated rings. The van der Waals surface area contributed by atoms with Crippen LogP contribution in [0.2, 0.25) is 0 Å². The third kappa shape index (κ3) is 0.956. The van der Waals surface area contributed by atoms with Gasteiger partial charge in [-0.15, -0.1) is 10.9 Å². The van der Waals surface area contributed by atoms with E-state index in [0.29, 0.717) is 4.36 Å². The van der Waals surface area contributed by atoms with E-state index < -0.39 is 10.9 Å². The Kier molecular flexibility index (Phi) is 1.76. The highest BCUT2D eigenvalue weighted by molar-refractivity contribution is 8.33. The topological polar surface area (TPSA) is 17.1 Å². The molecule has 0 aromatic rings. The molecule has 0 aromatic heterocycles. The van der Waals surface area contributed by atoms with Crippen LogP contribution in [0.25, 0.3) is 0 Å². The lowest BCUT2D eigenvalue weighted by atomic mass is 10.6. The van der Waals surface area contributed by atoms with Crippen LogP contribution < -0.4 is 0 Å². The Hall–Kier alpha value is -0.210. The van der Waals surface area contributed by atoms with Gasteiger partial charge in [0.15, 0.2) is 5.62 Å². The first kappa shape index (κ1) is 5.92. The molecule has 1 radical (unpaired) electrons. The molecule has 43 valence electrons. The second-order valence-corrected chi connectivity index (χ2v) is 3.62. The first-order valence-electron chi connectivity index (χ1n) is 2.04. The van der Waals surface area contributed by atoms with Gasteiger partial charge >= 0.3 is 0 Å². The van der Waals surface area contributed by atoms with Gasteiger partial charge in [-0.25, -0.2) is 0 Å². The Morgan fingerprint density at radius 1 is 1.88 bits per heavy atom. The summed E-state index contributed by atoms with van der Waals surface area (Å²) in [4.78, 5) is 10.0. The lowest BCUT2D eigenvalue weighted by Crippen LogP contribution is -1.69.